The highest BCUT2D eigenvalue weighted by Crippen LogP contribution is 2.41. The first-order valence-electron chi connectivity index (χ1n) is 6.20. The summed E-state index contributed by atoms with van der Waals surface area (Å²) < 4.78 is 26.6. The quantitative estimate of drug-likeness (QED) is 0.802. The molecule has 0 bridgehead atoms. The highest BCUT2D eigenvalue weighted by atomic mass is 32.2. The predicted molar refractivity (Wildman–Crippen MR) is 74.6 cm³/mol. The Morgan fingerprint density at radius 3 is 2.89 bits per heavy atom. The smallest absolute Gasteiger partial charge is 0.238 e. The molecule has 2 rings (SSSR count). The van der Waals surface area contributed by atoms with Crippen molar-refractivity contribution in [3.05, 3.63) is 11.1 Å². The van der Waals surface area contributed by atoms with E-state index in [9.17, 15) is 8.42 Å². The van der Waals surface area contributed by atoms with Gasteiger partial charge in [0.1, 0.15) is 0 Å². The number of anilines is 1. The molecule has 1 atom stereocenters. The molecule has 1 fully saturated rings. The van der Waals surface area contributed by atoms with E-state index < -0.39 is 15.3 Å². The largest absolute Gasteiger partial charge is 0.316 e. The Morgan fingerprint density at radius 1 is 1.56 bits per heavy atom. The van der Waals surface area contributed by atoms with E-state index in [0.29, 0.717) is 17.6 Å². The van der Waals surface area contributed by atoms with Crippen LogP contribution in [0.1, 0.15) is 38.3 Å². The first-order chi connectivity index (χ1) is 8.53. The van der Waals surface area contributed by atoms with E-state index in [1.54, 1.807) is 6.92 Å². The zero-order valence-corrected chi connectivity index (χ0v) is 12.3. The summed E-state index contributed by atoms with van der Waals surface area (Å²) in [5.74, 6) is 0.554. The molecule has 0 aromatic carbocycles. The van der Waals surface area contributed by atoms with Crippen LogP contribution in [0.25, 0.3) is 0 Å². The van der Waals surface area contributed by atoms with Gasteiger partial charge >= 0.3 is 0 Å². The minimum atomic E-state index is -3.34. The van der Waals surface area contributed by atoms with Crippen LogP contribution in [0, 0.1) is 0 Å². The van der Waals surface area contributed by atoms with Crippen molar-refractivity contribution in [2.75, 3.05) is 17.8 Å². The van der Waals surface area contributed by atoms with Crippen molar-refractivity contribution >= 4 is 26.5 Å². The molecule has 7 heteroatoms. The van der Waals surface area contributed by atoms with Crippen molar-refractivity contribution in [1.82, 2.24) is 10.3 Å². The summed E-state index contributed by atoms with van der Waals surface area (Å²) in [5, 5.41) is 5.01. The summed E-state index contributed by atoms with van der Waals surface area (Å²) in [4.78, 5) is 4.33. The van der Waals surface area contributed by atoms with Gasteiger partial charge in [-0.05, 0) is 26.3 Å². The zero-order valence-electron chi connectivity index (χ0n) is 10.6. The highest BCUT2D eigenvalue weighted by Gasteiger charge is 2.27. The van der Waals surface area contributed by atoms with Crippen LogP contribution < -0.4 is 10.0 Å². The third kappa shape index (κ3) is 3.43. The van der Waals surface area contributed by atoms with Gasteiger partial charge in [0, 0.05) is 17.8 Å². The van der Waals surface area contributed by atoms with Gasteiger partial charge in [-0.3, -0.25) is 4.72 Å². The minimum Gasteiger partial charge on any atom is -0.316 e. The molecule has 2 N–H and O–H groups in total. The summed E-state index contributed by atoms with van der Waals surface area (Å²) in [6.07, 6.45) is 2.35. The number of aromatic nitrogens is 1. The van der Waals surface area contributed by atoms with Crippen LogP contribution in [-0.2, 0) is 10.0 Å². The van der Waals surface area contributed by atoms with Gasteiger partial charge in [0.05, 0.1) is 10.9 Å². The van der Waals surface area contributed by atoms with E-state index in [2.05, 4.69) is 15.0 Å². The Hall–Kier alpha value is -0.660. The lowest BCUT2D eigenvalue weighted by molar-refractivity contribution is 0.579. The van der Waals surface area contributed by atoms with Gasteiger partial charge in [-0.1, -0.05) is 6.92 Å². The van der Waals surface area contributed by atoms with E-state index >= 15 is 0 Å². The molecular weight excluding hydrogens is 270 g/mol. The number of rotatable bonds is 7. The topological polar surface area (TPSA) is 71.1 Å². The van der Waals surface area contributed by atoms with Gasteiger partial charge in [0.15, 0.2) is 5.13 Å². The van der Waals surface area contributed by atoms with Crippen LogP contribution >= 0.6 is 11.3 Å². The Balaban J connectivity index is 1.97. The first kappa shape index (κ1) is 13.8. The third-order valence-corrected chi connectivity index (χ3v) is 5.57. The van der Waals surface area contributed by atoms with Gasteiger partial charge in [-0.15, -0.1) is 11.3 Å². The summed E-state index contributed by atoms with van der Waals surface area (Å²) in [5.41, 5.74) is 1.03. The number of nitrogens with zero attached hydrogens (tertiary/aromatic N) is 1. The molecule has 1 aromatic heterocycles. The van der Waals surface area contributed by atoms with E-state index in [1.807, 2.05) is 12.3 Å². The monoisotopic (exact) mass is 289 g/mol. The zero-order chi connectivity index (χ0) is 13.2. The van der Waals surface area contributed by atoms with E-state index in [-0.39, 0.29) is 0 Å². The van der Waals surface area contributed by atoms with Crippen molar-refractivity contribution in [2.45, 2.75) is 37.9 Å². The van der Waals surface area contributed by atoms with Crippen molar-refractivity contribution < 1.29 is 8.42 Å². The van der Waals surface area contributed by atoms with Crippen LogP contribution in [-0.4, -0.2) is 31.7 Å². The number of nitrogens with one attached hydrogen (secondary N) is 2. The second-order valence-corrected chi connectivity index (χ2v) is 7.57. The van der Waals surface area contributed by atoms with Crippen molar-refractivity contribution in [3.8, 4) is 0 Å². The standard InChI is InChI=1S/C11H19N3O2S2/c1-3-12-6-8(2)18(15,16)14-11-13-10(7-17-11)9-4-5-9/h7-9,12H,3-6H2,1-2H3,(H,13,14). The Labute approximate surface area is 112 Å². The second kappa shape index (κ2) is 5.54. The average molecular weight is 289 g/mol. The average Bonchev–Trinajstić information content (AvgIpc) is 3.07. The number of thiazole rings is 1. The molecule has 0 aliphatic heterocycles. The van der Waals surface area contributed by atoms with Gasteiger partial charge < -0.3 is 5.32 Å². The lowest BCUT2D eigenvalue weighted by Crippen LogP contribution is -2.34. The molecule has 0 spiro atoms. The van der Waals surface area contributed by atoms with Crippen LogP contribution in [0.2, 0.25) is 0 Å². The molecule has 0 amide bonds. The first-order valence-corrected chi connectivity index (χ1v) is 8.63. The van der Waals surface area contributed by atoms with E-state index in [4.69, 9.17) is 0 Å². The van der Waals surface area contributed by atoms with Gasteiger partial charge in [0.2, 0.25) is 10.0 Å². The molecular formula is C11H19N3O2S2. The van der Waals surface area contributed by atoms with Crippen LogP contribution in [0.15, 0.2) is 5.38 Å². The third-order valence-electron chi connectivity index (χ3n) is 2.96. The maximum Gasteiger partial charge on any atom is 0.238 e. The van der Waals surface area contributed by atoms with Gasteiger partial charge in [-0.2, -0.15) is 0 Å². The van der Waals surface area contributed by atoms with Crippen LogP contribution in [0.5, 0.6) is 0 Å². The van der Waals surface area contributed by atoms with Gasteiger partial charge in [0.25, 0.3) is 0 Å². The van der Waals surface area contributed by atoms with Crippen LogP contribution in [0.4, 0.5) is 5.13 Å². The fourth-order valence-corrected chi connectivity index (χ4v) is 3.58. The molecule has 1 aliphatic carbocycles. The predicted octanol–water partition coefficient (Wildman–Crippen LogP) is 1.76. The maximum atomic E-state index is 12.0. The van der Waals surface area contributed by atoms with E-state index in [0.717, 1.165) is 12.2 Å². The molecule has 18 heavy (non-hydrogen) atoms. The molecule has 1 saturated carbocycles. The summed E-state index contributed by atoms with van der Waals surface area (Å²) >= 11 is 1.36. The number of hydrogen-bond acceptors (Lipinski definition) is 5. The summed E-state index contributed by atoms with van der Waals surface area (Å²) in [6.45, 7) is 4.87. The normalized spacial score (nSPS) is 17.7. The Kier molecular flexibility index (Phi) is 4.24. The molecule has 0 radical (unpaired) electrons. The molecule has 0 saturated heterocycles. The lowest BCUT2D eigenvalue weighted by atomic mass is 10.3. The number of hydrogen-bond donors (Lipinski definition) is 2. The summed E-state index contributed by atoms with van der Waals surface area (Å²) in [6, 6.07) is 0. The fourth-order valence-electron chi connectivity index (χ4n) is 1.58. The molecule has 1 unspecified atom stereocenters. The SMILES string of the molecule is CCNCC(C)S(=O)(=O)Nc1nc(C2CC2)cs1. The molecule has 102 valence electrons. The highest BCUT2D eigenvalue weighted by molar-refractivity contribution is 7.93. The molecule has 1 aliphatic rings. The molecule has 5 nitrogen and oxygen atoms in total. The van der Waals surface area contributed by atoms with Crippen molar-refractivity contribution in [1.29, 1.82) is 0 Å². The van der Waals surface area contributed by atoms with Crippen molar-refractivity contribution in [3.63, 3.8) is 0 Å². The number of sulfonamides is 1. The molecule has 1 heterocycles. The van der Waals surface area contributed by atoms with Crippen molar-refractivity contribution in [2.24, 2.45) is 0 Å². The summed E-state index contributed by atoms with van der Waals surface area (Å²) in [7, 11) is -3.34. The van der Waals surface area contributed by atoms with E-state index in [1.165, 1.54) is 24.2 Å². The lowest BCUT2D eigenvalue weighted by Gasteiger charge is -2.13. The fraction of sp³-hybridized carbons (Fsp3) is 0.727. The Bertz CT molecular complexity index is 494. The van der Waals surface area contributed by atoms with Gasteiger partial charge in [-0.25, -0.2) is 13.4 Å². The Morgan fingerprint density at radius 2 is 2.28 bits per heavy atom. The molecule has 1 aromatic rings. The second-order valence-electron chi connectivity index (χ2n) is 4.62. The maximum absolute atomic E-state index is 12.0. The van der Waals surface area contributed by atoms with Crippen LogP contribution in [0.3, 0.4) is 0 Å². The minimum absolute atomic E-state index is 0.451.